The van der Waals surface area contributed by atoms with Crippen LogP contribution in [0.5, 0.6) is 0 Å². The number of para-hydroxylation sites is 1. The molecule has 2 aliphatic rings. The molecule has 5 rings (SSSR count). The number of nitrogens with zero attached hydrogens (tertiary/aromatic N) is 2. The lowest BCUT2D eigenvalue weighted by Crippen LogP contribution is -2.35. The van der Waals surface area contributed by atoms with Crippen molar-refractivity contribution in [1.82, 2.24) is 14.8 Å². The van der Waals surface area contributed by atoms with Crippen LogP contribution >= 0.6 is 0 Å². The molecule has 1 fully saturated rings. The van der Waals surface area contributed by atoms with Gasteiger partial charge in [-0.25, -0.2) is 4.79 Å². The van der Waals surface area contributed by atoms with Crippen molar-refractivity contribution in [2.75, 3.05) is 26.2 Å². The van der Waals surface area contributed by atoms with Gasteiger partial charge in [-0.15, -0.1) is 0 Å². The van der Waals surface area contributed by atoms with Crippen LogP contribution < -0.4 is 5.73 Å². The normalized spacial score (nSPS) is 19.5. The van der Waals surface area contributed by atoms with Crippen LogP contribution in [0, 0.1) is 0 Å². The number of carbonyl (C=O) groups is 1. The summed E-state index contributed by atoms with van der Waals surface area (Å²) in [6, 6.07) is 18.5. The zero-order valence-electron chi connectivity index (χ0n) is 18.1. The fourth-order valence-electron chi connectivity index (χ4n) is 4.74. The van der Waals surface area contributed by atoms with Gasteiger partial charge in [0.2, 0.25) is 0 Å². The van der Waals surface area contributed by atoms with Crippen molar-refractivity contribution in [1.29, 1.82) is 0 Å². The molecule has 2 aromatic carbocycles. The molecule has 164 valence electrons. The first kappa shape index (κ1) is 21.4. The summed E-state index contributed by atoms with van der Waals surface area (Å²) in [5, 5.41) is 10.8. The molecule has 2 aliphatic heterocycles. The average Bonchev–Trinajstić information content (AvgIpc) is 3.39. The third-order valence-electron chi connectivity index (χ3n) is 6.26. The fourth-order valence-corrected chi connectivity index (χ4v) is 4.74. The number of carbonyl (C=O) groups excluding carboxylic acids is 1. The molecule has 6 heteroatoms. The van der Waals surface area contributed by atoms with E-state index in [4.69, 9.17) is 5.73 Å². The molecule has 3 aromatic rings. The highest BCUT2D eigenvalue weighted by molar-refractivity contribution is 5.84. The largest absolute Gasteiger partial charge is 0.392 e. The molecule has 3 heterocycles. The van der Waals surface area contributed by atoms with Crippen molar-refractivity contribution >= 4 is 16.9 Å². The Kier molecular flexibility index (Phi) is 6.59. The van der Waals surface area contributed by atoms with Crippen molar-refractivity contribution in [3.05, 3.63) is 71.4 Å². The van der Waals surface area contributed by atoms with Crippen LogP contribution in [0.25, 0.3) is 10.9 Å². The van der Waals surface area contributed by atoms with E-state index in [1.807, 2.05) is 25.1 Å². The van der Waals surface area contributed by atoms with Gasteiger partial charge >= 0.3 is 6.03 Å². The molecule has 0 spiro atoms. The van der Waals surface area contributed by atoms with Crippen LogP contribution in [-0.4, -0.2) is 58.2 Å². The maximum atomic E-state index is 10.9. The lowest BCUT2D eigenvalue weighted by molar-refractivity contribution is 0.118. The molecular formula is C25H32N4O2. The number of benzene rings is 2. The number of nitrogens with one attached hydrogen (secondary N) is 1. The fraction of sp³-hybridized carbons (Fsp3) is 0.400. The summed E-state index contributed by atoms with van der Waals surface area (Å²) in [6.07, 6.45) is 1.85. The van der Waals surface area contributed by atoms with Gasteiger partial charge in [-0.2, -0.15) is 0 Å². The van der Waals surface area contributed by atoms with Gasteiger partial charge in [0.1, 0.15) is 0 Å². The lowest BCUT2D eigenvalue weighted by Gasteiger charge is -2.27. The Bertz CT molecular complexity index is 1010. The van der Waals surface area contributed by atoms with E-state index in [-0.39, 0.29) is 12.1 Å². The number of aliphatic hydroxyl groups excluding tert-OH is 1. The number of aliphatic hydroxyl groups is 1. The van der Waals surface area contributed by atoms with Gasteiger partial charge in [0.25, 0.3) is 0 Å². The summed E-state index contributed by atoms with van der Waals surface area (Å²) in [6.45, 7) is 6.12. The van der Waals surface area contributed by atoms with Crippen LogP contribution in [0.4, 0.5) is 4.79 Å². The van der Waals surface area contributed by atoms with Crippen molar-refractivity contribution in [2.45, 2.75) is 38.3 Å². The molecule has 4 N–H and O–H groups in total. The summed E-state index contributed by atoms with van der Waals surface area (Å²) >= 11 is 0. The second-order valence-electron chi connectivity index (χ2n) is 8.64. The quantitative estimate of drug-likeness (QED) is 0.607. The first-order chi connectivity index (χ1) is 15.0. The lowest BCUT2D eigenvalue weighted by atomic mass is 9.99. The Morgan fingerprint density at radius 1 is 1.16 bits per heavy atom. The van der Waals surface area contributed by atoms with Crippen LogP contribution in [0.3, 0.4) is 0 Å². The predicted octanol–water partition coefficient (Wildman–Crippen LogP) is 3.46. The number of fused-ring (bicyclic) bond motifs is 3. The first-order valence-corrected chi connectivity index (χ1v) is 11.1. The first-order valence-electron chi connectivity index (χ1n) is 11.1. The summed E-state index contributed by atoms with van der Waals surface area (Å²) in [5.41, 5.74) is 10.5. The second-order valence-corrected chi connectivity index (χ2v) is 8.64. The van der Waals surface area contributed by atoms with Gasteiger partial charge < -0.3 is 20.7 Å². The molecule has 1 saturated heterocycles. The number of hydrogen-bond donors (Lipinski definition) is 3. The number of H-pyrrole nitrogens is 1. The summed E-state index contributed by atoms with van der Waals surface area (Å²) in [5.74, 6) is 0.462. The Morgan fingerprint density at radius 3 is 2.61 bits per heavy atom. The van der Waals surface area contributed by atoms with Gasteiger partial charge in [-0.1, -0.05) is 48.5 Å². The zero-order valence-corrected chi connectivity index (χ0v) is 18.1. The van der Waals surface area contributed by atoms with E-state index < -0.39 is 0 Å². The monoisotopic (exact) mass is 420 g/mol. The van der Waals surface area contributed by atoms with Crippen molar-refractivity contribution in [3.8, 4) is 0 Å². The van der Waals surface area contributed by atoms with E-state index in [1.54, 1.807) is 4.90 Å². The molecule has 0 saturated carbocycles. The van der Waals surface area contributed by atoms with Crippen LogP contribution in [0.15, 0.2) is 54.6 Å². The maximum absolute atomic E-state index is 10.9. The van der Waals surface area contributed by atoms with E-state index in [2.05, 4.69) is 46.3 Å². The SMILES string of the molecule is CC(O)CN1CCc2c([nH]c3ccccc23)C1.NC(=O)N1CCC(c2ccccc2)C1. The van der Waals surface area contributed by atoms with E-state index in [1.165, 1.54) is 27.7 Å². The molecule has 0 bridgehead atoms. The Morgan fingerprint density at radius 2 is 1.90 bits per heavy atom. The summed E-state index contributed by atoms with van der Waals surface area (Å²) in [7, 11) is 0. The van der Waals surface area contributed by atoms with Crippen molar-refractivity contribution < 1.29 is 9.90 Å². The molecule has 1 aromatic heterocycles. The smallest absolute Gasteiger partial charge is 0.314 e. The number of primary amides is 1. The van der Waals surface area contributed by atoms with Crippen molar-refractivity contribution in [3.63, 3.8) is 0 Å². The van der Waals surface area contributed by atoms with Crippen LogP contribution in [-0.2, 0) is 13.0 Å². The van der Waals surface area contributed by atoms with Gasteiger partial charge in [-0.05, 0) is 37.0 Å². The highest BCUT2D eigenvalue weighted by Gasteiger charge is 2.25. The Labute approximate surface area is 183 Å². The molecule has 0 aliphatic carbocycles. The highest BCUT2D eigenvalue weighted by atomic mass is 16.3. The van der Waals surface area contributed by atoms with Crippen molar-refractivity contribution in [2.24, 2.45) is 5.73 Å². The highest BCUT2D eigenvalue weighted by Crippen LogP contribution is 2.27. The topological polar surface area (TPSA) is 85.6 Å². The van der Waals surface area contributed by atoms with Gasteiger partial charge in [-0.3, -0.25) is 4.90 Å². The second kappa shape index (κ2) is 9.54. The minimum Gasteiger partial charge on any atom is -0.392 e. The standard InChI is InChI=1S/C14H18N2O.C11H14N2O/c1-10(17)8-16-7-6-12-11-4-2-3-5-13(11)15-14(12)9-16;12-11(14)13-7-6-10(8-13)9-4-2-1-3-5-9/h2-5,10,15,17H,6-9H2,1H3;1-5,10H,6-8H2,(H2,12,14). The third kappa shape index (κ3) is 5.09. The number of amides is 2. The number of likely N-dealkylation sites (tertiary alicyclic amines) is 1. The number of aromatic amines is 1. The van der Waals surface area contributed by atoms with Crippen LogP contribution in [0.2, 0.25) is 0 Å². The minimum absolute atomic E-state index is 0.249. The number of urea groups is 1. The minimum atomic E-state index is -0.302. The van der Waals surface area contributed by atoms with E-state index in [9.17, 15) is 9.90 Å². The van der Waals surface area contributed by atoms with Crippen LogP contribution in [0.1, 0.15) is 36.1 Å². The molecule has 2 unspecified atom stereocenters. The van der Waals surface area contributed by atoms with E-state index in [0.717, 1.165) is 45.6 Å². The molecule has 0 radical (unpaired) electrons. The Balaban J connectivity index is 0.000000152. The summed E-state index contributed by atoms with van der Waals surface area (Å²) < 4.78 is 0. The third-order valence-corrected chi connectivity index (χ3v) is 6.26. The number of nitrogens with two attached hydrogens (primary N) is 1. The maximum Gasteiger partial charge on any atom is 0.314 e. The Hall–Kier alpha value is -2.83. The average molecular weight is 421 g/mol. The van der Waals surface area contributed by atoms with Gasteiger partial charge in [0.15, 0.2) is 0 Å². The predicted molar refractivity (Wildman–Crippen MR) is 124 cm³/mol. The number of aromatic nitrogens is 1. The van der Waals surface area contributed by atoms with E-state index in [0.29, 0.717) is 5.92 Å². The zero-order chi connectivity index (χ0) is 21.8. The van der Waals surface area contributed by atoms with Gasteiger partial charge in [0, 0.05) is 55.2 Å². The number of hydrogen-bond acceptors (Lipinski definition) is 3. The molecule has 2 atom stereocenters. The summed E-state index contributed by atoms with van der Waals surface area (Å²) in [4.78, 5) is 18.4. The number of β-amino-alcohol motifs (C(OH)–C–C–N with tert-alkyl or cyclic N) is 1. The molecule has 31 heavy (non-hydrogen) atoms. The molecule has 2 amide bonds. The number of rotatable bonds is 3. The van der Waals surface area contributed by atoms with E-state index >= 15 is 0 Å². The van der Waals surface area contributed by atoms with Gasteiger partial charge in [0.05, 0.1) is 6.10 Å². The molecule has 6 nitrogen and oxygen atoms in total. The molecular weight excluding hydrogens is 388 g/mol.